The van der Waals surface area contributed by atoms with Crippen LogP contribution in [0.25, 0.3) is 5.69 Å². The van der Waals surface area contributed by atoms with Crippen LogP contribution in [0.1, 0.15) is 40.3 Å². The summed E-state index contributed by atoms with van der Waals surface area (Å²) < 4.78 is 7.83. The van der Waals surface area contributed by atoms with Crippen LogP contribution in [0.4, 0.5) is 5.69 Å². The average molecular weight is 469 g/mol. The highest BCUT2D eigenvalue weighted by Gasteiger charge is 2.42. The third kappa shape index (κ3) is 3.84. The van der Waals surface area contributed by atoms with Gasteiger partial charge in [-0.15, -0.1) is 0 Å². The summed E-state index contributed by atoms with van der Waals surface area (Å²) in [5.41, 5.74) is 7.93. The number of anilines is 1. The maximum atomic E-state index is 5.89. The highest BCUT2D eigenvalue weighted by molar-refractivity contribution is 7.80. The molecule has 0 amide bonds. The third-order valence-electron chi connectivity index (χ3n) is 6.48. The zero-order valence-corrected chi connectivity index (χ0v) is 20.6. The molecule has 6 heteroatoms. The zero-order chi connectivity index (χ0) is 23.8. The van der Waals surface area contributed by atoms with Gasteiger partial charge in [-0.3, -0.25) is 4.98 Å². The van der Waals surface area contributed by atoms with E-state index in [-0.39, 0.29) is 12.1 Å². The number of methoxy groups -OCH3 is 1. The molecule has 0 aliphatic carbocycles. The van der Waals surface area contributed by atoms with Gasteiger partial charge in [0.25, 0.3) is 0 Å². The van der Waals surface area contributed by atoms with Gasteiger partial charge < -0.3 is 19.5 Å². The quantitative estimate of drug-likeness (QED) is 0.365. The summed E-state index contributed by atoms with van der Waals surface area (Å²) in [6, 6.07) is 24.8. The van der Waals surface area contributed by atoms with Crippen molar-refractivity contribution in [2.45, 2.75) is 32.9 Å². The summed E-state index contributed by atoms with van der Waals surface area (Å²) in [5.74, 6) is 0.797. The lowest BCUT2D eigenvalue weighted by Crippen LogP contribution is -2.29. The molecule has 5 nitrogen and oxygen atoms in total. The fourth-order valence-corrected chi connectivity index (χ4v) is 5.31. The molecule has 1 aliphatic heterocycles. The molecule has 0 bridgehead atoms. The van der Waals surface area contributed by atoms with E-state index in [2.05, 4.69) is 83.0 Å². The molecule has 1 aliphatic rings. The van der Waals surface area contributed by atoms with Crippen molar-refractivity contribution in [3.63, 3.8) is 0 Å². The van der Waals surface area contributed by atoms with Crippen LogP contribution in [0, 0.1) is 20.8 Å². The first kappa shape index (κ1) is 22.2. The van der Waals surface area contributed by atoms with Crippen molar-refractivity contribution in [3.05, 3.63) is 107 Å². The Morgan fingerprint density at radius 2 is 1.71 bits per heavy atom. The molecular weight excluding hydrogens is 440 g/mol. The minimum absolute atomic E-state index is 0.0701. The molecule has 1 fully saturated rings. The molecule has 172 valence electrons. The molecule has 0 spiro atoms. The van der Waals surface area contributed by atoms with Crippen LogP contribution < -0.4 is 15.0 Å². The van der Waals surface area contributed by atoms with Crippen LogP contribution in [-0.2, 0) is 0 Å². The normalized spacial score (nSPS) is 17.6. The van der Waals surface area contributed by atoms with E-state index in [1.807, 2.05) is 36.5 Å². The molecule has 2 unspecified atom stereocenters. The van der Waals surface area contributed by atoms with E-state index in [1.165, 1.54) is 22.5 Å². The maximum absolute atomic E-state index is 5.89. The summed E-state index contributed by atoms with van der Waals surface area (Å²) in [6.07, 6.45) is 1.83. The average Bonchev–Trinajstić information content (AvgIpc) is 3.34. The fourth-order valence-electron chi connectivity index (χ4n) is 4.96. The van der Waals surface area contributed by atoms with Crippen molar-refractivity contribution in [1.29, 1.82) is 0 Å². The first-order chi connectivity index (χ1) is 16.5. The van der Waals surface area contributed by atoms with E-state index in [4.69, 9.17) is 17.0 Å². The Hall–Kier alpha value is -3.64. The van der Waals surface area contributed by atoms with Gasteiger partial charge in [-0.1, -0.05) is 24.3 Å². The van der Waals surface area contributed by atoms with Crippen LogP contribution in [0.15, 0.2) is 79.0 Å². The van der Waals surface area contributed by atoms with Crippen molar-refractivity contribution < 1.29 is 4.74 Å². The smallest absolute Gasteiger partial charge is 0.174 e. The summed E-state index contributed by atoms with van der Waals surface area (Å²) >= 11 is 5.89. The topological polar surface area (TPSA) is 42.3 Å². The molecule has 34 heavy (non-hydrogen) atoms. The molecule has 5 rings (SSSR count). The highest BCUT2D eigenvalue weighted by Crippen LogP contribution is 2.44. The number of ether oxygens (including phenoxy) is 1. The van der Waals surface area contributed by atoms with E-state index in [0.29, 0.717) is 5.11 Å². The predicted molar refractivity (Wildman–Crippen MR) is 141 cm³/mol. The van der Waals surface area contributed by atoms with Gasteiger partial charge in [-0.05, 0) is 86.6 Å². The Labute approximate surface area is 206 Å². The monoisotopic (exact) mass is 468 g/mol. The molecule has 3 heterocycles. The molecule has 2 aromatic heterocycles. The second-order valence-electron chi connectivity index (χ2n) is 8.70. The molecule has 0 saturated carbocycles. The number of aromatic nitrogens is 2. The zero-order valence-electron chi connectivity index (χ0n) is 19.8. The van der Waals surface area contributed by atoms with Crippen molar-refractivity contribution in [1.82, 2.24) is 14.9 Å². The number of rotatable bonds is 5. The van der Waals surface area contributed by atoms with Crippen molar-refractivity contribution >= 4 is 23.0 Å². The molecule has 0 radical (unpaired) electrons. The van der Waals surface area contributed by atoms with Crippen LogP contribution in [0.3, 0.4) is 0 Å². The molecular formula is C28H28N4OS. The summed E-state index contributed by atoms with van der Waals surface area (Å²) in [6.45, 7) is 6.47. The Bertz CT molecular complexity index is 1350. The molecule has 4 aromatic rings. The Balaban J connectivity index is 1.69. The van der Waals surface area contributed by atoms with Gasteiger partial charge >= 0.3 is 0 Å². The van der Waals surface area contributed by atoms with Crippen molar-refractivity contribution in [2.75, 3.05) is 12.0 Å². The van der Waals surface area contributed by atoms with E-state index in [9.17, 15) is 0 Å². The number of hydrogen-bond acceptors (Lipinski definition) is 3. The van der Waals surface area contributed by atoms with Crippen molar-refractivity contribution in [2.24, 2.45) is 0 Å². The van der Waals surface area contributed by atoms with Crippen LogP contribution in [0.2, 0.25) is 0 Å². The minimum Gasteiger partial charge on any atom is -0.497 e. The van der Waals surface area contributed by atoms with Crippen LogP contribution in [-0.4, -0.2) is 21.8 Å². The fraction of sp³-hybridized carbons (Fsp3) is 0.214. The second kappa shape index (κ2) is 8.95. The summed E-state index contributed by atoms with van der Waals surface area (Å²) in [5, 5.41) is 4.23. The molecule has 1 saturated heterocycles. The number of hydrogen-bond donors (Lipinski definition) is 1. The van der Waals surface area contributed by atoms with E-state index < -0.39 is 0 Å². The summed E-state index contributed by atoms with van der Waals surface area (Å²) in [7, 11) is 1.68. The lowest BCUT2D eigenvalue weighted by atomic mass is 9.96. The van der Waals surface area contributed by atoms with Gasteiger partial charge in [0, 0.05) is 35.0 Å². The van der Waals surface area contributed by atoms with Crippen LogP contribution in [0.5, 0.6) is 5.75 Å². The number of nitrogens with zero attached hydrogens (tertiary/aromatic N) is 3. The van der Waals surface area contributed by atoms with Gasteiger partial charge in [0.2, 0.25) is 0 Å². The number of nitrogens with one attached hydrogen (secondary N) is 1. The van der Waals surface area contributed by atoms with Gasteiger partial charge in [-0.2, -0.15) is 0 Å². The summed E-state index contributed by atoms with van der Waals surface area (Å²) in [4.78, 5) is 6.88. The predicted octanol–water partition coefficient (Wildman–Crippen LogP) is 5.98. The minimum atomic E-state index is -0.0913. The lowest BCUT2D eigenvalue weighted by molar-refractivity contribution is 0.415. The molecule has 2 aromatic carbocycles. The van der Waals surface area contributed by atoms with E-state index in [1.54, 1.807) is 7.11 Å². The number of pyridine rings is 1. The maximum Gasteiger partial charge on any atom is 0.174 e. The standard InChI is InChI=1S/C28H28N4OS/c1-18-9-7-10-21(15-18)31-19(2)16-24(20(31)3)27-26(25-13-5-6-14-29-25)30-28(34)32(27)22-11-8-12-23(17-22)33-4/h5-17,26-27H,1-4H3,(H,30,34). The Kier molecular flexibility index (Phi) is 5.84. The number of benzene rings is 2. The number of aryl methyl sites for hydroxylation is 2. The van der Waals surface area contributed by atoms with E-state index >= 15 is 0 Å². The first-order valence-corrected chi connectivity index (χ1v) is 11.8. The van der Waals surface area contributed by atoms with Crippen molar-refractivity contribution in [3.8, 4) is 11.4 Å². The Morgan fingerprint density at radius 1 is 0.912 bits per heavy atom. The van der Waals surface area contributed by atoms with Gasteiger partial charge in [-0.25, -0.2) is 0 Å². The largest absolute Gasteiger partial charge is 0.497 e. The van der Waals surface area contributed by atoms with Gasteiger partial charge in [0.05, 0.1) is 24.9 Å². The second-order valence-corrected chi connectivity index (χ2v) is 9.09. The van der Waals surface area contributed by atoms with Gasteiger partial charge in [0.1, 0.15) is 5.75 Å². The van der Waals surface area contributed by atoms with E-state index in [0.717, 1.165) is 22.8 Å². The lowest BCUT2D eigenvalue weighted by Gasteiger charge is -2.28. The molecule has 2 atom stereocenters. The first-order valence-electron chi connectivity index (χ1n) is 11.4. The Morgan fingerprint density at radius 3 is 2.44 bits per heavy atom. The number of thiocarbonyl (C=S) groups is 1. The van der Waals surface area contributed by atoms with Crippen LogP contribution >= 0.6 is 12.2 Å². The SMILES string of the molecule is COc1cccc(N2C(=S)NC(c3ccccn3)C2c2cc(C)n(-c3cccc(C)c3)c2C)c1. The third-order valence-corrected chi connectivity index (χ3v) is 6.79. The molecule has 1 N–H and O–H groups in total. The van der Waals surface area contributed by atoms with Gasteiger partial charge in [0.15, 0.2) is 5.11 Å². The highest BCUT2D eigenvalue weighted by atomic mass is 32.1.